The van der Waals surface area contributed by atoms with Crippen LogP contribution in [0.25, 0.3) is 0 Å². The first-order chi connectivity index (χ1) is 9.63. The van der Waals surface area contributed by atoms with Crippen LogP contribution in [0.5, 0.6) is 0 Å². The molecule has 6 heteroatoms. The number of amides is 1. The van der Waals surface area contributed by atoms with Crippen molar-refractivity contribution in [3.63, 3.8) is 0 Å². The van der Waals surface area contributed by atoms with Crippen LogP contribution in [-0.4, -0.2) is 40.3 Å². The lowest BCUT2D eigenvalue weighted by molar-refractivity contribution is 0.0764. The zero-order valence-electron chi connectivity index (χ0n) is 11.2. The van der Waals surface area contributed by atoms with E-state index in [-0.39, 0.29) is 11.8 Å². The molecule has 3 rings (SSSR count). The highest BCUT2D eigenvalue weighted by molar-refractivity contribution is 5.94. The Labute approximate surface area is 116 Å². The number of carbonyl (C=O) groups excluding carboxylic acids is 1. The molecule has 0 aromatic carbocycles. The molecule has 20 heavy (non-hydrogen) atoms. The smallest absolute Gasteiger partial charge is 0.257 e. The summed E-state index contributed by atoms with van der Waals surface area (Å²) >= 11 is 0. The summed E-state index contributed by atoms with van der Waals surface area (Å²) in [6.45, 7) is 2.69. The van der Waals surface area contributed by atoms with E-state index in [2.05, 4.69) is 5.16 Å². The van der Waals surface area contributed by atoms with E-state index in [1.165, 1.54) is 12.5 Å². The molecule has 6 nitrogen and oxygen atoms in total. The number of nitrogens with zero attached hydrogens (tertiary/aromatic N) is 2. The van der Waals surface area contributed by atoms with Crippen LogP contribution in [0.3, 0.4) is 0 Å². The number of furan rings is 1. The Bertz CT molecular complexity index is 590. The fourth-order valence-electron chi connectivity index (χ4n) is 2.56. The molecule has 3 heterocycles. The van der Waals surface area contributed by atoms with Crippen molar-refractivity contribution in [1.29, 1.82) is 0 Å². The number of hydrogen-bond donors (Lipinski definition) is 1. The first kappa shape index (κ1) is 12.9. The van der Waals surface area contributed by atoms with E-state index in [4.69, 9.17) is 8.94 Å². The largest absolute Gasteiger partial charge is 0.472 e. The van der Waals surface area contributed by atoms with Crippen molar-refractivity contribution in [3.8, 4) is 0 Å². The molecule has 2 aromatic rings. The predicted molar refractivity (Wildman–Crippen MR) is 69.1 cm³/mol. The van der Waals surface area contributed by atoms with Crippen LogP contribution in [0, 0.1) is 12.8 Å². The van der Waals surface area contributed by atoms with Gasteiger partial charge in [-0.2, -0.15) is 0 Å². The Balaban J connectivity index is 1.66. The molecule has 0 unspecified atom stereocenters. The van der Waals surface area contributed by atoms with Gasteiger partial charge >= 0.3 is 0 Å². The van der Waals surface area contributed by atoms with E-state index in [1.54, 1.807) is 11.0 Å². The van der Waals surface area contributed by atoms with Crippen molar-refractivity contribution in [1.82, 2.24) is 10.1 Å². The van der Waals surface area contributed by atoms with Gasteiger partial charge in [-0.3, -0.25) is 4.79 Å². The summed E-state index contributed by atoms with van der Waals surface area (Å²) < 4.78 is 10.1. The number of carbonyl (C=O) groups is 1. The molecule has 1 aliphatic heterocycles. The first-order valence-electron chi connectivity index (χ1n) is 6.55. The summed E-state index contributed by atoms with van der Waals surface area (Å²) in [4.78, 5) is 13.8. The maximum Gasteiger partial charge on any atom is 0.257 e. The molecule has 2 atom stereocenters. The predicted octanol–water partition coefficient (Wildman–Crippen LogP) is 1.25. The van der Waals surface area contributed by atoms with Crippen LogP contribution in [0.1, 0.15) is 21.8 Å². The second kappa shape index (κ2) is 5.13. The molecule has 0 saturated carbocycles. The van der Waals surface area contributed by atoms with Crippen molar-refractivity contribution >= 4 is 5.91 Å². The summed E-state index contributed by atoms with van der Waals surface area (Å²) in [5.41, 5.74) is 1.33. The maximum atomic E-state index is 12.2. The topological polar surface area (TPSA) is 79.7 Å². The van der Waals surface area contributed by atoms with Crippen LogP contribution >= 0.6 is 0 Å². The van der Waals surface area contributed by atoms with Crippen LogP contribution in [-0.2, 0) is 6.42 Å². The highest BCUT2D eigenvalue weighted by Gasteiger charge is 2.35. The zero-order valence-corrected chi connectivity index (χ0v) is 11.2. The lowest BCUT2D eigenvalue weighted by Crippen LogP contribution is -2.29. The lowest BCUT2D eigenvalue weighted by atomic mass is 10.0. The van der Waals surface area contributed by atoms with Gasteiger partial charge in [-0.25, -0.2) is 0 Å². The third kappa shape index (κ3) is 2.46. The molecule has 0 spiro atoms. The number of aliphatic hydroxyl groups excluding tert-OH is 1. The summed E-state index contributed by atoms with van der Waals surface area (Å²) in [5, 5.41) is 13.9. The Kier molecular flexibility index (Phi) is 3.31. The van der Waals surface area contributed by atoms with Gasteiger partial charge in [0.05, 0.1) is 23.6 Å². The molecule has 106 valence electrons. The fourth-order valence-corrected chi connectivity index (χ4v) is 2.56. The first-order valence-corrected chi connectivity index (χ1v) is 6.55. The third-order valence-corrected chi connectivity index (χ3v) is 3.60. The van der Waals surface area contributed by atoms with Gasteiger partial charge in [-0.15, -0.1) is 0 Å². The van der Waals surface area contributed by atoms with Gasteiger partial charge in [0, 0.05) is 31.5 Å². The van der Waals surface area contributed by atoms with Crippen molar-refractivity contribution in [3.05, 3.63) is 41.7 Å². The van der Waals surface area contributed by atoms with Crippen molar-refractivity contribution in [2.24, 2.45) is 5.92 Å². The summed E-state index contributed by atoms with van der Waals surface area (Å²) in [6.07, 6.45) is 2.92. The molecule has 1 aliphatic rings. The number of aryl methyl sites for hydroxylation is 1. The van der Waals surface area contributed by atoms with E-state index >= 15 is 0 Å². The molecule has 0 bridgehead atoms. The van der Waals surface area contributed by atoms with Gasteiger partial charge < -0.3 is 18.9 Å². The third-order valence-electron chi connectivity index (χ3n) is 3.60. The number of rotatable bonds is 3. The molecule has 1 amide bonds. The summed E-state index contributed by atoms with van der Waals surface area (Å²) in [7, 11) is 0. The van der Waals surface area contributed by atoms with Gasteiger partial charge in [-0.05, 0) is 13.0 Å². The number of hydrogen-bond acceptors (Lipinski definition) is 5. The quantitative estimate of drug-likeness (QED) is 0.912. The van der Waals surface area contributed by atoms with E-state index in [9.17, 15) is 9.90 Å². The molecule has 1 fully saturated rings. The average molecular weight is 276 g/mol. The van der Waals surface area contributed by atoms with Gasteiger partial charge in [-0.1, -0.05) is 5.16 Å². The van der Waals surface area contributed by atoms with Gasteiger partial charge in [0.25, 0.3) is 5.91 Å². The number of β-amino-alcohol motifs (C(OH)–C–C–N with tert-alkyl or cyclic N) is 1. The molecular formula is C14H16N2O4. The highest BCUT2D eigenvalue weighted by Crippen LogP contribution is 2.23. The van der Waals surface area contributed by atoms with Gasteiger partial charge in [0.2, 0.25) is 0 Å². The normalized spacial score (nSPS) is 22.4. The van der Waals surface area contributed by atoms with Crippen molar-refractivity contribution in [2.75, 3.05) is 13.1 Å². The minimum absolute atomic E-state index is 0.0294. The van der Waals surface area contributed by atoms with Crippen LogP contribution in [0.4, 0.5) is 0 Å². The summed E-state index contributed by atoms with van der Waals surface area (Å²) in [5.74, 6) is 0.594. The molecule has 1 saturated heterocycles. The number of aromatic nitrogens is 1. The Morgan fingerprint density at radius 1 is 1.55 bits per heavy atom. The molecule has 2 aromatic heterocycles. The molecule has 0 aliphatic carbocycles. The van der Waals surface area contributed by atoms with Crippen LogP contribution in [0.2, 0.25) is 0 Å². The fraction of sp³-hybridized carbons (Fsp3) is 0.429. The van der Waals surface area contributed by atoms with Crippen molar-refractivity contribution < 1.29 is 18.8 Å². The number of aliphatic hydroxyl groups is 1. The van der Waals surface area contributed by atoms with Gasteiger partial charge in [0.15, 0.2) is 0 Å². The lowest BCUT2D eigenvalue weighted by Gasteiger charge is -2.14. The monoisotopic (exact) mass is 276 g/mol. The Hall–Kier alpha value is -2.08. The molecule has 0 radical (unpaired) electrons. The highest BCUT2D eigenvalue weighted by atomic mass is 16.5. The van der Waals surface area contributed by atoms with E-state index < -0.39 is 6.10 Å². The van der Waals surface area contributed by atoms with E-state index in [0.29, 0.717) is 25.1 Å². The second-order valence-electron chi connectivity index (χ2n) is 5.19. The Morgan fingerprint density at radius 2 is 2.40 bits per heavy atom. The summed E-state index contributed by atoms with van der Waals surface area (Å²) in [6, 6.07) is 3.48. The Morgan fingerprint density at radius 3 is 3.05 bits per heavy atom. The van der Waals surface area contributed by atoms with Gasteiger partial charge in [0.1, 0.15) is 12.0 Å². The van der Waals surface area contributed by atoms with Crippen LogP contribution in [0.15, 0.2) is 33.6 Å². The molecule has 1 N–H and O–H groups in total. The van der Waals surface area contributed by atoms with E-state index in [0.717, 1.165) is 11.5 Å². The van der Waals surface area contributed by atoms with Crippen LogP contribution < -0.4 is 0 Å². The van der Waals surface area contributed by atoms with E-state index in [1.807, 2.05) is 13.0 Å². The minimum Gasteiger partial charge on any atom is -0.472 e. The number of likely N-dealkylation sites (tertiary alicyclic amines) is 1. The maximum absolute atomic E-state index is 12.2. The van der Waals surface area contributed by atoms with Crippen molar-refractivity contribution in [2.45, 2.75) is 19.4 Å². The zero-order chi connectivity index (χ0) is 14.1. The standard InChI is InChI=1S/C14H16N2O4/c1-9-4-12(20-15-9)5-11-6-16(7-13(11)17)14(18)10-2-3-19-8-10/h2-4,8,11,13,17H,5-7H2,1H3/t11-,13-/m1/s1. The SMILES string of the molecule is Cc1cc(C[C@@H]2CN(C(=O)c3ccoc3)C[C@H]2O)on1. The second-order valence-corrected chi connectivity index (χ2v) is 5.19. The molecular weight excluding hydrogens is 260 g/mol. The minimum atomic E-state index is -0.545. The average Bonchev–Trinajstić information content (AvgIpc) is 3.12.